The van der Waals surface area contributed by atoms with E-state index in [2.05, 4.69) is 73.5 Å². The molecule has 2 heterocycles. The highest BCUT2D eigenvalue weighted by Gasteiger charge is 2.40. The highest BCUT2D eigenvalue weighted by molar-refractivity contribution is 6.02. The maximum Gasteiger partial charge on any atom is 0.213 e. The van der Waals surface area contributed by atoms with Crippen molar-refractivity contribution in [3.05, 3.63) is 95.1 Å². The van der Waals surface area contributed by atoms with Crippen LogP contribution in [-0.4, -0.2) is 17.3 Å². The molecule has 0 saturated heterocycles. The van der Waals surface area contributed by atoms with Crippen molar-refractivity contribution in [1.82, 2.24) is 5.01 Å². The molecule has 2 atom stereocenters. The van der Waals surface area contributed by atoms with E-state index in [1.165, 1.54) is 29.5 Å². The van der Waals surface area contributed by atoms with Gasteiger partial charge in [-0.1, -0.05) is 67.8 Å². The van der Waals surface area contributed by atoms with Gasteiger partial charge in [-0.15, -0.1) is 0 Å². The molecule has 4 nitrogen and oxygen atoms in total. The maximum atomic E-state index is 6.47. The molecule has 0 radical (unpaired) electrons. The predicted octanol–water partition coefficient (Wildman–Crippen LogP) is 6.81. The van der Waals surface area contributed by atoms with Crippen LogP contribution in [0.3, 0.4) is 0 Å². The Morgan fingerprint density at radius 2 is 1.75 bits per heavy atom. The molecule has 0 bridgehead atoms. The van der Waals surface area contributed by atoms with Crippen LogP contribution in [0.1, 0.15) is 67.1 Å². The third-order valence-corrected chi connectivity index (χ3v) is 6.27. The van der Waals surface area contributed by atoms with E-state index in [4.69, 9.17) is 14.6 Å². The zero-order valence-corrected chi connectivity index (χ0v) is 18.8. The Labute approximate surface area is 190 Å². The maximum absolute atomic E-state index is 6.47. The van der Waals surface area contributed by atoms with Gasteiger partial charge in [0.15, 0.2) is 0 Å². The zero-order chi connectivity index (χ0) is 21.9. The van der Waals surface area contributed by atoms with Crippen molar-refractivity contribution in [2.24, 2.45) is 5.10 Å². The summed E-state index contributed by atoms with van der Waals surface area (Å²) in [7, 11) is 0. The van der Waals surface area contributed by atoms with E-state index in [0.717, 1.165) is 42.2 Å². The lowest BCUT2D eigenvalue weighted by Crippen LogP contribution is -2.33. The number of hydrazone groups is 1. The van der Waals surface area contributed by atoms with Crippen molar-refractivity contribution in [3.8, 4) is 11.5 Å². The fraction of sp³-hybridized carbons (Fsp3) is 0.321. The molecule has 3 aromatic carbocycles. The standard InChI is InChI=1S/C28H30N2O2/c1-3-4-7-18-31-23-16-14-22(15-17-23)28-30-26(24-8-5-6-9-27(24)32-28)19-25(29-30)21-12-10-20(2)11-13-21/h5-6,8-17,26,28H,3-4,7,18-19H2,1-2H3. The summed E-state index contributed by atoms with van der Waals surface area (Å²) >= 11 is 0. The quantitative estimate of drug-likeness (QED) is 0.389. The van der Waals surface area contributed by atoms with Gasteiger partial charge in [0.2, 0.25) is 6.23 Å². The van der Waals surface area contributed by atoms with Gasteiger partial charge in [0.05, 0.1) is 18.4 Å². The number of fused-ring (bicyclic) bond motifs is 3. The Kier molecular flexibility index (Phi) is 5.85. The molecule has 3 aromatic rings. The summed E-state index contributed by atoms with van der Waals surface area (Å²) < 4.78 is 12.4. The van der Waals surface area contributed by atoms with Gasteiger partial charge in [0, 0.05) is 17.5 Å². The zero-order valence-electron chi connectivity index (χ0n) is 18.8. The number of nitrogens with zero attached hydrogens (tertiary/aromatic N) is 2. The van der Waals surface area contributed by atoms with Crippen LogP contribution in [0.25, 0.3) is 0 Å². The molecule has 0 saturated carbocycles. The monoisotopic (exact) mass is 426 g/mol. The first-order chi connectivity index (χ1) is 15.7. The van der Waals surface area contributed by atoms with Crippen LogP contribution in [0.2, 0.25) is 0 Å². The molecular formula is C28H30N2O2. The average Bonchev–Trinajstić information content (AvgIpc) is 3.28. The molecule has 0 amide bonds. The summed E-state index contributed by atoms with van der Waals surface area (Å²) in [5.74, 6) is 1.85. The van der Waals surface area contributed by atoms with E-state index in [1.807, 2.05) is 18.2 Å². The third-order valence-electron chi connectivity index (χ3n) is 6.27. The van der Waals surface area contributed by atoms with Gasteiger partial charge in [0.1, 0.15) is 11.5 Å². The van der Waals surface area contributed by atoms with Gasteiger partial charge in [-0.3, -0.25) is 0 Å². The Morgan fingerprint density at radius 1 is 0.969 bits per heavy atom. The summed E-state index contributed by atoms with van der Waals surface area (Å²) in [4.78, 5) is 0. The summed E-state index contributed by atoms with van der Waals surface area (Å²) in [5, 5.41) is 7.19. The molecule has 0 N–H and O–H groups in total. The average molecular weight is 427 g/mol. The molecule has 0 aromatic heterocycles. The number of benzene rings is 3. The van der Waals surface area contributed by atoms with E-state index in [9.17, 15) is 0 Å². The second kappa shape index (κ2) is 9.07. The third kappa shape index (κ3) is 4.10. The summed E-state index contributed by atoms with van der Waals surface area (Å²) in [6.45, 7) is 5.08. The van der Waals surface area contributed by atoms with Crippen molar-refractivity contribution < 1.29 is 9.47 Å². The lowest BCUT2D eigenvalue weighted by Gasteiger charge is -2.38. The smallest absolute Gasteiger partial charge is 0.213 e. The fourth-order valence-electron chi connectivity index (χ4n) is 4.45. The molecule has 32 heavy (non-hydrogen) atoms. The Bertz CT molecular complexity index is 1090. The number of aryl methyl sites for hydroxylation is 1. The number of hydrogen-bond acceptors (Lipinski definition) is 4. The first-order valence-corrected chi connectivity index (χ1v) is 11.6. The molecule has 5 rings (SSSR count). The first-order valence-electron chi connectivity index (χ1n) is 11.6. The number of ether oxygens (including phenoxy) is 2. The Morgan fingerprint density at radius 3 is 2.53 bits per heavy atom. The van der Waals surface area contributed by atoms with Gasteiger partial charge in [-0.2, -0.15) is 5.10 Å². The Hall–Kier alpha value is -3.27. The van der Waals surface area contributed by atoms with Crippen molar-refractivity contribution in [1.29, 1.82) is 0 Å². The molecule has 2 aliphatic heterocycles. The van der Waals surface area contributed by atoms with Crippen molar-refractivity contribution in [3.63, 3.8) is 0 Å². The number of unbranched alkanes of at least 4 members (excludes halogenated alkanes) is 2. The number of para-hydroxylation sites is 1. The highest BCUT2D eigenvalue weighted by Crippen LogP contribution is 2.47. The molecule has 2 unspecified atom stereocenters. The largest absolute Gasteiger partial charge is 0.494 e. The minimum Gasteiger partial charge on any atom is -0.494 e. The van der Waals surface area contributed by atoms with Crippen LogP contribution < -0.4 is 9.47 Å². The molecule has 4 heteroatoms. The van der Waals surface area contributed by atoms with Gasteiger partial charge in [0.25, 0.3) is 0 Å². The Balaban J connectivity index is 1.42. The van der Waals surface area contributed by atoms with Crippen LogP contribution in [0, 0.1) is 6.92 Å². The van der Waals surface area contributed by atoms with E-state index in [0.29, 0.717) is 0 Å². The number of hydrogen-bond donors (Lipinski definition) is 0. The second-order valence-electron chi connectivity index (χ2n) is 8.65. The van der Waals surface area contributed by atoms with Crippen LogP contribution in [0.4, 0.5) is 0 Å². The minimum atomic E-state index is -0.257. The van der Waals surface area contributed by atoms with Gasteiger partial charge in [-0.05, 0) is 49.2 Å². The first kappa shape index (κ1) is 20.6. The summed E-state index contributed by atoms with van der Waals surface area (Å²) in [6.07, 6.45) is 4.10. The molecular weight excluding hydrogens is 396 g/mol. The molecule has 164 valence electrons. The van der Waals surface area contributed by atoms with E-state index in [-0.39, 0.29) is 12.3 Å². The topological polar surface area (TPSA) is 34.1 Å². The highest BCUT2D eigenvalue weighted by atomic mass is 16.5. The normalized spacial score (nSPS) is 19.1. The van der Waals surface area contributed by atoms with Crippen molar-refractivity contribution in [2.75, 3.05) is 6.61 Å². The molecule has 0 fully saturated rings. The predicted molar refractivity (Wildman–Crippen MR) is 128 cm³/mol. The van der Waals surface area contributed by atoms with Crippen LogP contribution in [-0.2, 0) is 0 Å². The number of rotatable bonds is 7. The van der Waals surface area contributed by atoms with Gasteiger partial charge in [-0.25, -0.2) is 5.01 Å². The lowest BCUT2D eigenvalue weighted by molar-refractivity contribution is -0.0190. The molecule has 0 aliphatic carbocycles. The van der Waals surface area contributed by atoms with E-state index in [1.54, 1.807) is 0 Å². The van der Waals surface area contributed by atoms with E-state index < -0.39 is 0 Å². The van der Waals surface area contributed by atoms with E-state index >= 15 is 0 Å². The lowest BCUT2D eigenvalue weighted by atomic mass is 9.95. The van der Waals surface area contributed by atoms with Crippen molar-refractivity contribution in [2.45, 2.75) is 51.8 Å². The second-order valence-corrected chi connectivity index (χ2v) is 8.65. The van der Waals surface area contributed by atoms with Gasteiger partial charge >= 0.3 is 0 Å². The SMILES string of the molecule is CCCCCOc1ccc(C2Oc3ccccc3C3CC(c4ccc(C)cc4)=NN32)cc1. The summed E-state index contributed by atoms with van der Waals surface area (Å²) in [5.41, 5.74) is 5.83. The van der Waals surface area contributed by atoms with Crippen LogP contribution in [0.5, 0.6) is 11.5 Å². The van der Waals surface area contributed by atoms with Crippen LogP contribution in [0.15, 0.2) is 77.9 Å². The van der Waals surface area contributed by atoms with Crippen LogP contribution >= 0.6 is 0 Å². The fourth-order valence-corrected chi connectivity index (χ4v) is 4.45. The molecule has 0 spiro atoms. The van der Waals surface area contributed by atoms with Gasteiger partial charge < -0.3 is 9.47 Å². The van der Waals surface area contributed by atoms with Crippen molar-refractivity contribution >= 4 is 5.71 Å². The minimum absolute atomic E-state index is 0.172. The summed E-state index contributed by atoms with van der Waals surface area (Å²) in [6, 6.07) is 25.4. The molecule has 2 aliphatic rings.